The molecule has 0 saturated heterocycles. The van der Waals surface area contributed by atoms with E-state index in [9.17, 15) is 0 Å². The normalized spacial score (nSPS) is 12.7. The largest absolute Gasteiger partial charge is 0.310 e. The van der Waals surface area contributed by atoms with E-state index in [1.807, 2.05) is 11.3 Å². The molecular weight excluding hydrogens is 755 g/mol. The third-order valence-corrected chi connectivity index (χ3v) is 13.9. The van der Waals surface area contributed by atoms with Gasteiger partial charge in [-0.05, 0) is 103 Å². The van der Waals surface area contributed by atoms with Crippen LogP contribution in [0.15, 0.2) is 237 Å². The third-order valence-electron chi connectivity index (χ3n) is 12.8. The van der Waals surface area contributed by atoms with Crippen LogP contribution in [0.4, 0.5) is 17.1 Å². The number of thiophene rings is 1. The van der Waals surface area contributed by atoms with Gasteiger partial charge in [0.2, 0.25) is 0 Å². The summed E-state index contributed by atoms with van der Waals surface area (Å²) in [5.74, 6) is 0. The standard InChI is InChI=1S/C59H39NS/c1-3-16-40(17-4-1)46-38-39-55(51-23-8-7-20-48(46)51)60(44-34-30-41(31-35-44)47-25-15-29-57-58(47)52-24-11-14-28-56(52)61-57)45-36-32-43(33-37-45)59(42-18-5-2-6-19-42)53-26-12-9-21-49(53)50-22-10-13-27-54(50)59/h1-39H. The van der Waals surface area contributed by atoms with Gasteiger partial charge >= 0.3 is 0 Å². The molecule has 61 heavy (non-hydrogen) atoms. The first-order valence-electron chi connectivity index (χ1n) is 21.0. The van der Waals surface area contributed by atoms with Crippen molar-refractivity contribution in [3.63, 3.8) is 0 Å². The molecule has 286 valence electrons. The molecule has 0 atom stereocenters. The van der Waals surface area contributed by atoms with Gasteiger partial charge in [0.05, 0.1) is 11.1 Å². The van der Waals surface area contributed by atoms with E-state index in [-0.39, 0.29) is 0 Å². The lowest BCUT2D eigenvalue weighted by atomic mass is 9.68. The summed E-state index contributed by atoms with van der Waals surface area (Å²) < 4.78 is 2.64. The lowest BCUT2D eigenvalue weighted by molar-refractivity contribution is 0.768. The first-order chi connectivity index (χ1) is 30.3. The van der Waals surface area contributed by atoms with Crippen LogP contribution in [0.25, 0.3) is 64.3 Å². The maximum atomic E-state index is 2.44. The molecule has 0 saturated carbocycles. The molecule has 1 aliphatic carbocycles. The second-order valence-electron chi connectivity index (χ2n) is 16.0. The SMILES string of the molecule is c1ccc(-c2ccc(N(c3ccc(-c4cccc5sc6ccccc6c45)cc3)c3ccc(C4(c5ccccc5)c5ccccc5-c5ccccc54)cc3)c3ccccc23)cc1. The minimum atomic E-state index is -0.462. The number of nitrogens with zero attached hydrogens (tertiary/aromatic N) is 1. The summed E-state index contributed by atoms with van der Waals surface area (Å²) in [5, 5.41) is 5.07. The van der Waals surface area contributed by atoms with Gasteiger partial charge in [-0.2, -0.15) is 0 Å². The number of hydrogen-bond acceptors (Lipinski definition) is 2. The van der Waals surface area contributed by atoms with Crippen LogP contribution in [0, 0.1) is 0 Å². The monoisotopic (exact) mass is 793 g/mol. The van der Waals surface area contributed by atoms with E-state index in [0.29, 0.717) is 0 Å². The van der Waals surface area contributed by atoms with Crippen LogP contribution in [0.3, 0.4) is 0 Å². The van der Waals surface area contributed by atoms with E-state index in [0.717, 1.165) is 17.1 Å². The summed E-state index contributed by atoms with van der Waals surface area (Å²) in [6.07, 6.45) is 0. The minimum Gasteiger partial charge on any atom is -0.310 e. The van der Waals surface area contributed by atoms with Crippen molar-refractivity contribution in [1.82, 2.24) is 0 Å². The Morgan fingerprint density at radius 1 is 0.311 bits per heavy atom. The molecule has 0 N–H and O–H groups in total. The molecule has 0 fully saturated rings. The zero-order valence-corrected chi connectivity index (χ0v) is 34.2. The van der Waals surface area contributed by atoms with Gasteiger partial charge in [-0.25, -0.2) is 0 Å². The summed E-state index contributed by atoms with van der Waals surface area (Å²) >= 11 is 1.87. The van der Waals surface area contributed by atoms with Crippen LogP contribution in [-0.4, -0.2) is 0 Å². The van der Waals surface area contributed by atoms with Crippen molar-refractivity contribution >= 4 is 59.3 Å². The quantitative estimate of drug-likeness (QED) is 0.155. The highest BCUT2D eigenvalue weighted by Gasteiger charge is 2.45. The molecule has 0 unspecified atom stereocenters. The summed E-state index contributed by atoms with van der Waals surface area (Å²) in [6, 6.07) is 87.2. The first-order valence-corrected chi connectivity index (χ1v) is 21.8. The van der Waals surface area contributed by atoms with Gasteiger partial charge in [-0.15, -0.1) is 11.3 Å². The molecule has 1 aliphatic rings. The van der Waals surface area contributed by atoms with Crippen molar-refractivity contribution in [3.05, 3.63) is 259 Å². The zero-order chi connectivity index (χ0) is 40.3. The van der Waals surface area contributed by atoms with Gasteiger partial charge in [0.1, 0.15) is 0 Å². The minimum absolute atomic E-state index is 0.462. The Kier molecular flexibility index (Phi) is 8.33. The van der Waals surface area contributed by atoms with Gasteiger partial charge in [0.25, 0.3) is 0 Å². The molecule has 0 aliphatic heterocycles. The van der Waals surface area contributed by atoms with Crippen molar-refractivity contribution in [1.29, 1.82) is 0 Å². The highest BCUT2D eigenvalue weighted by atomic mass is 32.1. The van der Waals surface area contributed by atoms with E-state index in [2.05, 4.69) is 241 Å². The zero-order valence-electron chi connectivity index (χ0n) is 33.4. The van der Waals surface area contributed by atoms with Gasteiger partial charge in [0, 0.05) is 36.9 Å². The highest BCUT2D eigenvalue weighted by molar-refractivity contribution is 7.25. The number of benzene rings is 10. The van der Waals surface area contributed by atoms with Crippen molar-refractivity contribution in [2.75, 3.05) is 4.90 Å². The predicted molar refractivity (Wildman–Crippen MR) is 260 cm³/mol. The summed E-state index contributed by atoms with van der Waals surface area (Å²) in [4.78, 5) is 2.44. The molecule has 11 aromatic rings. The summed E-state index contributed by atoms with van der Waals surface area (Å²) in [7, 11) is 0. The Bertz CT molecular complexity index is 3350. The number of hydrogen-bond donors (Lipinski definition) is 0. The molecule has 12 rings (SSSR count). The van der Waals surface area contributed by atoms with Crippen molar-refractivity contribution in [2.24, 2.45) is 0 Å². The van der Waals surface area contributed by atoms with E-state index < -0.39 is 5.41 Å². The molecule has 0 spiro atoms. The average molecular weight is 794 g/mol. The van der Waals surface area contributed by atoms with Crippen molar-refractivity contribution < 1.29 is 0 Å². The Hall–Kier alpha value is -7.52. The maximum absolute atomic E-state index is 2.44. The maximum Gasteiger partial charge on any atom is 0.0713 e. The first kappa shape index (κ1) is 35.4. The Labute approximate surface area is 360 Å². The number of anilines is 3. The highest BCUT2D eigenvalue weighted by Crippen LogP contribution is 2.56. The topological polar surface area (TPSA) is 3.24 Å². The third kappa shape index (κ3) is 5.53. The van der Waals surface area contributed by atoms with Gasteiger partial charge in [0.15, 0.2) is 0 Å². The molecule has 10 aromatic carbocycles. The van der Waals surface area contributed by atoms with E-state index in [1.165, 1.54) is 86.6 Å². The molecule has 0 radical (unpaired) electrons. The van der Waals surface area contributed by atoms with Crippen molar-refractivity contribution in [3.8, 4) is 33.4 Å². The molecular formula is C59H39NS. The van der Waals surface area contributed by atoms with E-state index in [1.54, 1.807) is 0 Å². The fourth-order valence-electron chi connectivity index (χ4n) is 10.2. The van der Waals surface area contributed by atoms with Gasteiger partial charge in [-0.1, -0.05) is 194 Å². The fraction of sp³-hybridized carbons (Fsp3) is 0.0169. The summed E-state index contributed by atoms with van der Waals surface area (Å²) in [6.45, 7) is 0. The molecule has 2 heteroatoms. The van der Waals surface area contributed by atoms with Crippen LogP contribution < -0.4 is 4.90 Å². The summed E-state index contributed by atoms with van der Waals surface area (Å²) in [5.41, 5.74) is 15.5. The van der Waals surface area contributed by atoms with E-state index in [4.69, 9.17) is 0 Å². The van der Waals surface area contributed by atoms with Crippen LogP contribution in [0.1, 0.15) is 22.3 Å². The van der Waals surface area contributed by atoms with E-state index >= 15 is 0 Å². The number of rotatable bonds is 7. The molecule has 1 heterocycles. The lowest BCUT2D eigenvalue weighted by Gasteiger charge is -2.34. The number of fused-ring (bicyclic) bond motifs is 7. The van der Waals surface area contributed by atoms with Crippen LogP contribution in [0.5, 0.6) is 0 Å². The van der Waals surface area contributed by atoms with Crippen LogP contribution >= 0.6 is 11.3 Å². The Balaban J connectivity index is 1.05. The van der Waals surface area contributed by atoms with Gasteiger partial charge in [-0.3, -0.25) is 0 Å². The average Bonchev–Trinajstić information content (AvgIpc) is 3.87. The second-order valence-corrected chi connectivity index (χ2v) is 17.0. The molecule has 0 bridgehead atoms. The predicted octanol–water partition coefficient (Wildman–Crippen LogP) is 16.4. The smallest absolute Gasteiger partial charge is 0.0713 e. The Morgan fingerprint density at radius 3 is 1.52 bits per heavy atom. The van der Waals surface area contributed by atoms with Gasteiger partial charge < -0.3 is 4.90 Å². The lowest BCUT2D eigenvalue weighted by Crippen LogP contribution is -2.28. The van der Waals surface area contributed by atoms with Crippen LogP contribution in [-0.2, 0) is 5.41 Å². The Morgan fingerprint density at radius 2 is 0.820 bits per heavy atom. The fourth-order valence-corrected chi connectivity index (χ4v) is 11.3. The van der Waals surface area contributed by atoms with Crippen LogP contribution in [0.2, 0.25) is 0 Å². The second kappa shape index (κ2) is 14.3. The molecule has 1 nitrogen and oxygen atoms in total. The van der Waals surface area contributed by atoms with Crippen molar-refractivity contribution in [2.45, 2.75) is 5.41 Å². The molecule has 1 aromatic heterocycles. The molecule has 0 amide bonds.